The Labute approximate surface area is 162 Å². The van der Waals surface area contributed by atoms with E-state index < -0.39 is 0 Å². The first kappa shape index (κ1) is 18.4. The maximum atomic E-state index is 5.91. The van der Waals surface area contributed by atoms with E-state index in [1.165, 1.54) is 5.69 Å². The summed E-state index contributed by atoms with van der Waals surface area (Å²) in [6.07, 6.45) is 1.73. The predicted octanol–water partition coefficient (Wildman–Crippen LogP) is 4.99. The van der Waals surface area contributed by atoms with E-state index in [2.05, 4.69) is 46.2 Å². The Morgan fingerprint density at radius 1 is 1.12 bits per heavy atom. The van der Waals surface area contributed by atoms with Crippen molar-refractivity contribution in [1.29, 1.82) is 0 Å². The molecule has 5 nitrogen and oxygen atoms in total. The molecular weight excluding hydrogens is 366 g/mol. The van der Waals surface area contributed by atoms with Gasteiger partial charge in [-0.05, 0) is 68.0 Å². The summed E-state index contributed by atoms with van der Waals surface area (Å²) in [7, 11) is 0. The van der Waals surface area contributed by atoms with Crippen molar-refractivity contribution >= 4 is 35.7 Å². The smallest absolute Gasteiger partial charge is 0.216 e. The van der Waals surface area contributed by atoms with Crippen molar-refractivity contribution in [3.05, 3.63) is 63.9 Å². The van der Waals surface area contributed by atoms with Crippen molar-refractivity contribution in [1.82, 2.24) is 14.9 Å². The molecule has 3 rings (SSSR count). The quantitative estimate of drug-likeness (QED) is 0.480. The first-order valence-corrected chi connectivity index (χ1v) is 9.23. The third-order valence-electron chi connectivity index (χ3n) is 4.10. The topological polar surface area (TPSA) is 49.2 Å². The van der Waals surface area contributed by atoms with E-state index in [0.29, 0.717) is 15.6 Å². The van der Waals surface area contributed by atoms with Gasteiger partial charge in [-0.1, -0.05) is 23.7 Å². The molecule has 0 radical (unpaired) electrons. The van der Waals surface area contributed by atoms with Gasteiger partial charge in [-0.3, -0.25) is 0 Å². The van der Waals surface area contributed by atoms with Crippen LogP contribution in [0.1, 0.15) is 19.4 Å². The third-order valence-corrected chi connectivity index (χ3v) is 4.61. The van der Waals surface area contributed by atoms with Gasteiger partial charge in [0.1, 0.15) is 0 Å². The van der Waals surface area contributed by atoms with Crippen LogP contribution >= 0.6 is 23.8 Å². The molecule has 0 unspecified atom stereocenters. The van der Waals surface area contributed by atoms with Crippen molar-refractivity contribution in [2.24, 2.45) is 5.10 Å². The minimum atomic E-state index is 0.443. The molecule has 0 amide bonds. The average molecular weight is 386 g/mol. The lowest BCUT2D eigenvalue weighted by Gasteiger charge is -2.20. The fourth-order valence-electron chi connectivity index (χ4n) is 2.67. The van der Waals surface area contributed by atoms with Gasteiger partial charge in [-0.25, -0.2) is 5.10 Å². The molecule has 26 heavy (non-hydrogen) atoms. The molecule has 0 spiro atoms. The number of nitrogens with zero attached hydrogens (tertiary/aromatic N) is 4. The van der Waals surface area contributed by atoms with Crippen LogP contribution in [0.25, 0.3) is 11.4 Å². The van der Waals surface area contributed by atoms with E-state index in [-0.39, 0.29) is 0 Å². The summed E-state index contributed by atoms with van der Waals surface area (Å²) in [6.45, 7) is 6.24. The van der Waals surface area contributed by atoms with Crippen LogP contribution in [0, 0.1) is 4.77 Å². The maximum Gasteiger partial charge on any atom is 0.216 e. The number of hydrogen-bond acceptors (Lipinski definition) is 4. The Kier molecular flexibility index (Phi) is 5.85. The largest absolute Gasteiger partial charge is 0.372 e. The maximum absolute atomic E-state index is 5.91. The number of halogens is 1. The fraction of sp³-hybridized carbons (Fsp3) is 0.211. The molecule has 1 N–H and O–H groups in total. The second-order valence-electron chi connectivity index (χ2n) is 5.68. The number of aromatic amines is 1. The van der Waals surface area contributed by atoms with Gasteiger partial charge in [0.25, 0.3) is 0 Å². The summed E-state index contributed by atoms with van der Waals surface area (Å²) in [5.74, 6) is 0.673. The van der Waals surface area contributed by atoms with Crippen molar-refractivity contribution in [2.75, 3.05) is 18.0 Å². The minimum Gasteiger partial charge on any atom is -0.372 e. The number of anilines is 1. The molecule has 2 aromatic carbocycles. The van der Waals surface area contributed by atoms with E-state index >= 15 is 0 Å². The lowest BCUT2D eigenvalue weighted by atomic mass is 10.2. The molecule has 3 aromatic rings. The highest BCUT2D eigenvalue weighted by molar-refractivity contribution is 7.71. The number of benzene rings is 2. The van der Waals surface area contributed by atoms with Crippen molar-refractivity contribution in [3.8, 4) is 11.4 Å². The minimum absolute atomic E-state index is 0.443. The predicted molar refractivity (Wildman–Crippen MR) is 111 cm³/mol. The van der Waals surface area contributed by atoms with Gasteiger partial charge in [0, 0.05) is 29.4 Å². The number of aromatic nitrogens is 3. The Morgan fingerprint density at radius 3 is 2.38 bits per heavy atom. The van der Waals surface area contributed by atoms with Gasteiger partial charge in [0.15, 0.2) is 5.82 Å². The molecule has 7 heteroatoms. The molecule has 134 valence electrons. The van der Waals surface area contributed by atoms with Crippen LogP contribution in [-0.2, 0) is 0 Å². The molecule has 0 aliphatic heterocycles. The molecule has 1 heterocycles. The van der Waals surface area contributed by atoms with Gasteiger partial charge in [0.2, 0.25) is 4.77 Å². The molecule has 0 saturated heterocycles. The number of nitrogens with one attached hydrogen (secondary N) is 1. The molecule has 0 fully saturated rings. The van der Waals surface area contributed by atoms with E-state index in [1.54, 1.807) is 10.9 Å². The van der Waals surface area contributed by atoms with E-state index in [0.717, 1.165) is 24.2 Å². The van der Waals surface area contributed by atoms with Gasteiger partial charge >= 0.3 is 0 Å². The summed E-state index contributed by atoms with van der Waals surface area (Å²) < 4.78 is 2.06. The second kappa shape index (κ2) is 8.29. The molecule has 0 bridgehead atoms. The average Bonchev–Trinajstić information content (AvgIpc) is 3.03. The highest BCUT2D eigenvalue weighted by Gasteiger charge is 2.09. The summed E-state index contributed by atoms with van der Waals surface area (Å²) in [5, 5.41) is 12.3. The first-order chi connectivity index (χ1) is 12.6. The van der Waals surface area contributed by atoms with Gasteiger partial charge in [-0.2, -0.15) is 14.9 Å². The van der Waals surface area contributed by atoms with Crippen molar-refractivity contribution < 1.29 is 0 Å². The zero-order valence-electron chi connectivity index (χ0n) is 14.7. The summed E-state index contributed by atoms with van der Waals surface area (Å²) in [4.78, 5) is 2.29. The van der Waals surface area contributed by atoms with Crippen LogP contribution in [-0.4, -0.2) is 34.2 Å². The summed E-state index contributed by atoms with van der Waals surface area (Å²) >= 11 is 11.2. The SMILES string of the molecule is CCN(CC)c1ccc(-c2n[nH]c(=S)n2N=Cc2ccc(Cl)cc2)cc1. The fourth-order valence-corrected chi connectivity index (χ4v) is 2.97. The molecule has 0 saturated carbocycles. The third kappa shape index (κ3) is 4.03. The van der Waals surface area contributed by atoms with Crippen molar-refractivity contribution in [2.45, 2.75) is 13.8 Å². The standard InChI is InChI=1S/C19H20ClN5S/c1-3-24(4-2)17-11-7-15(8-12-17)18-22-23-19(26)25(18)21-13-14-5-9-16(20)10-6-14/h5-13H,3-4H2,1-2H3,(H,23,26). The second-order valence-corrected chi connectivity index (χ2v) is 6.50. The molecular formula is C19H20ClN5S. The summed E-state index contributed by atoms with van der Waals surface area (Å²) in [5.41, 5.74) is 3.06. The molecule has 0 atom stereocenters. The van der Waals surface area contributed by atoms with Crippen LogP contribution in [0.3, 0.4) is 0 Å². The van der Waals surface area contributed by atoms with Crippen molar-refractivity contribution in [3.63, 3.8) is 0 Å². The lowest BCUT2D eigenvalue weighted by Crippen LogP contribution is -2.21. The Bertz CT molecular complexity index is 937. The van der Waals surface area contributed by atoms with E-state index in [1.807, 2.05) is 36.4 Å². The Morgan fingerprint density at radius 2 is 1.77 bits per heavy atom. The Balaban J connectivity index is 1.90. The van der Waals surface area contributed by atoms with Crippen LogP contribution in [0.2, 0.25) is 5.02 Å². The van der Waals surface area contributed by atoms with Crippen LogP contribution in [0.5, 0.6) is 0 Å². The highest BCUT2D eigenvalue weighted by atomic mass is 35.5. The van der Waals surface area contributed by atoms with Gasteiger partial charge in [-0.15, -0.1) is 0 Å². The number of rotatable bonds is 6. The lowest BCUT2D eigenvalue weighted by molar-refractivity contribution is 0.864. The number of hydrogen-bond donors (Lipinski definition) is 1. The van der Waals surface area contributed by atoms with E-state index in [9.17, 15) is 0 Å². The zero-order chi connectivity index (χ0) is 18.5. The normalized spacial score (nSPS) is 11.2. The first-order valence-electron chi connectivity index (χ1n) is 8.45. The monoisotopic (exact) mass is 385 g/mol. The van der Waals surface area contributed by atoms with Crippen LogP contribution in [0.4, 0.5) is 5.69 Å². The molecule has 0 aliphatic carbocycles. The van der Waals surface area contributed by atoms with Gasteiger partial charge in [0.05, 0.1) is 6.21 Å². The Hall–Kier alpha value is -2.44. The van der Waals surface area contributed by atoms with E-state index in [4.69, 9.17) is 23.8 Å². The highest BCUT2D eigenvalue weighted by Crippen LogP contribution is 2.22. The summed E-state index contributed by atoms with van der Waals surface area (Å²) in [6, 6.07) is 15.7. The molecule has 0 aliphatic rings. The molecule has 1 aromatic heterocycles. The van der Waals surface area contributed by atoms with Crippen LogP contribution in [0.15, 0.2) is 53.6 Å². The zero-order valence-corrected chi connectivity index (χ0v) is 16.3. The van der Waals surface area contributed by atoms with Gasteiger partial charge < -0.3 is 4.90 Å². The van der Waals surface area contributed by atoms with Crippen LogP contribution < -0.4 is 4.90 Å². The number of H-pyrrole nitrogens is 1.